The third kappa shape index (κ3) is 7.79. The molecule has 1 saturated heterocycles. The summed E-state index contributed by atoms with van der Waals surface area (Å²) in [5.74, 6) is -0.949. The van der Waals surface area contributed by atoms with Crippen molar-refractivity contribution in [1.29, 1.82) is 0 Å². The first-order valence-electron chi connectivity index (χ1n) is 8.89. The number of esters is 1. The molecule has 1 fully saturated rings. The number of ether oxygens (including phenoxy) is 3. The fraction of sp³-hybridized carbons (Fsp3) is 0.647. The van der Waals surface area contributed by atoms with E-state index in [9.17, 15) is 9.59 Å². The zero-order valence-electron chi connectivity index (χ0n) is 16.2. The Morgan fingerprint density at radius 1 is 1.32 bits per heavy atom. The molecular formula is C17H26N4O6S. The van der Waals surface area contributed by atoms with E-state index in [1.165, 1.54) is 0 Å². The van der Waals surface area contributed by atoms with Gasteiger partial charge in [0.2, 0.25) is 5.82 Å². The molecule has 156 valence electrons. The van der Waals surface area contributed by atoms with Gasteiger partial charge in [0.25, 0.3) is 5.88 Å². The molecule has 0 aromatic carbocycles. The van der Waals surface area contributed by atoms with Crippen molar-refractivity contribution >= 4 is 29.5 Å². The van der Waals surface area contributed by atoms with E-state index in [0.717, 1.165) is 23.9 Å². The first-order chi connectivity index (χ1) is 13.2. The summed E-state index contributed by atoms with van der Waals surface area (Å²) in [5, 5.41) is 11.9. The summed E-state index contributed by atoms with van der Waals surface area (Å²) in [7, 11) is 0. The van der Waals surface area contributed by atoms with Crippen molar-refractivity contribution in [1.82, 2.24) is 14.1 Å². The minimum absolute atomic E-state index is 0.0541. The molecule has 1 aromatic rings. The molecule has 11 heteroatoms. The van der Waals surface area contributed by atoms with Gasteiger partial charge in [-0.2, -0.15) is 4.37 Å². The highest BCUT2D eigenvalue weighted by atomic mass is 32.1. The van der Waals surface area contributed by atoms with Crippen LogP contribution in [0.15, 0.2) is 12.2 Å². The molecule has 1 aromatic heterocycles. The number of hydrogen-bond donors (Lipinski definition) is 2. The maximum absolute atomic E-state index is 11.9. The molecular weight excluding hydrogens is 388 g/mol. The molecule has 0 aliphatic carbocycles. The highest BCUT2D eigenvalue weighted by Gasteiger charge is 2.23. The van der Waals surface area contributed by atoms with Crippen LogP contribution in [0.3, 0.4) is 0 Å². The number of aromatic nitrogens is 2. The number of morpholine rings is 1. The summed E-state index contributed by atoms with van der Waals surface area (Å²) in [6.07, 6.45) is 0.971. The van der Waals surface area contributed by atoms with Crippen LogP contribution in [0.5, 0.6) is 5.88 Å². The minimum atomic E-state index is -1.22. The van der Waals surface area contributed by atoms with E-state index < -0.39 is 18.0 Å². The van der Waals surface area contributed by atoms with Crippen LogP contribution in [-0.2, 0) is 19.1 Å². The van der Waals surface area contributed by atoms with Crippen molar-refractivity contribution in [3.63, 3.8) is 0 Å². The predicted octanol–water partition coefficient (Wildman–Crippen LogP) is 0.694. The Morgan fingerprint density at radius 3 is 2.68 bits per heavy atom. The van der Waals surface area contributed by atoms with Crippen LogP contribution < -0.4 is 15.0 Å². The van der Waals surface area contributed by atoms with Gasteiger partial charge in [0, 0.05) is 37.3 Å². The highest BCUT2D eigenvalue weighted by molar-refractivity contribution is 6.99. The Labute approximate surface area is 167 Å². The van der Waals surface area contributed by atoms with Crippen LogP contribution in [-0.4, -0.2) is 76.9 Å². The first-order valence-corrected chi connectivity index (χ1v) is 9.62. The standard InChI is InChI=1S/C17H26N4O6S/c1-17(2,3)18-10-12(27-14(24)5-4-13(22)23)11-26-16-15(19-28-20-16)21-6-8-25-9-7-21/h4-5,12,18H,6-11H2,1-3H3,(H,22,23)/b5-4+/t12-/m1/s1. The van der Waals surface area contributed by atoms with Crippen LogP contribution in [0.1, 0.15) is 20.8 Å². The molecule has 2 heterocycles. The van der Waals surface area contributed by atoms with Crippen molar-refractivity contribution in [2.75, 3.05) is 44.4 Å². The third-order valence-electron chi connectivity index (χ3n) is 3.66. The van der Waals surface area contributed by atoms with E-state index in [1.807, 2.05) is 25.7 Å². The number of nitrogens with zero attached hydrogens (tertiary/aromatic N) is 3. The van der Waals surface area contributed by atoms with Crippen molar-refractivity contribution < 1.29 is 28.9 Å². The molecule has 0 radical (unpaired) electrons. The van der Waals surface area contributed by atoms with E-state index in [4.69, 9.17) is 19.3 Å². The van der Waals surface area contributed by atoms with Gasteiger partial charge in [0.05, 0.1) is 24.9 Å². The van der Waals surface area contributed by atoms with Gasteiger partial charge < -0.3 is 29.5 Å². The van der Waals surface area contributed by atoms with E-state index in [-0.39, 0.29) is 12.1 Å². The average Bonchev–Trinajstić information content (AvgIpc) is 3.11. The summed E-state index contributed by atoms with van der Waals surface area (Å²) < 4.78 is 24.9. The van der Waals surface area contributed by atoms with Crippen LogP contribution in [0.4, 0.5) is 5.82 Å². The number of carbonyl (C=O) groups excluding carboxylic acids is 1. The summed E-state index contributed by atoms with van der Waals surface area (Å²) in [6.45, 7) is 8.97. The lowest BCUT2D eigenvalue weighted by Gasteiger charge is -2.27. The molecule has 1 aliphatic heterocycles. The van der Waals surface area contributed by atoms with E-state index >= 15 is 0 Å². The number of carboxylic acids is 1. The lowest BCUT2D eigenvalue weighted by atomic mass is 10.1. The smallest absolute Gasteiger partial charge is 0.331 e. The fourth-order valence-corrected chi connectivity index (χ4v) is 2.82. The molecule has 0 amide bonds. The second kappa shape index (κ2) is 10.3. The zero-order valence-corrected chi connectivity index (χ0v) is 17.0. The van der Waals surface area contributed by atoms with Crippen LogP contribution >= 0.6 is 11.7 Å². The van der Waals surface area contributed by atoms with Crippen molar-refractivity contribution in [3.8, 4) is 5.88 Å². The average molecular weight is 414 g/mol. The van der Waals surface area contributed by atoms with E-state index in [1.54, 1.807) is 0 Å². The van der Waals surface area contributed by atoms with Crippen molar-refractivity contribution in [2.24, 2.45) is 0 Å². The predicted molar refractivity (Wildman–Crippen MR) is 103 cm³/mol. The van der Waals surface area contributed by atoms with Gasteiger partial charge in [-0.1, -0.05) is 0 Å². The molecule has 0 saturated carbocycles. The first kappa shape index (κ1) is 22.1. The molecule has 1 aliphatic rings. The number of carboxylic acid groups (broad SMARTS) is 1. The number of hydrogen-bond acceptors (Lipinski definition) is 10. The maximum atomic E-state index is 11.9. The SMILES string of the molecule is CC(C)(C)NC[C@H](COc1nsnc1N1CCOCC1)OC(=O)/C=C/C(=O)O. The quantitative estimate of drug-likeness (QED) is 0.441. The summed E-state index contributed by atoms with van der Waals surface area (Å²) in [4.78, 5) is 24.4. The second-order valence-electron chi connectivity index (χ2n) is 7.16. The Bertz CT molecular complexity index is 681. The largest absolute Gasteiger partial charge is 0.478 e. The van der Waals surface area contributed by atoms with Gasteiger partial charge in [0.15, 0.2) is 0 Å². The Hall–Kier alpha value is -2.24. The number of anilines is 1. The van der Waals surface area contributed by atoms with Crippen molar-refractivity contribution in [3.05, 3.63) is 12.2 Å². The van der Waals surface area contributed by atoms with Gasteiger partial charge in [-0.15, -0.1) is 4.37 Å². The Kier molecular flexibility index (Phi) is 8.15. The van der Waals surface area contributed by atoms with Gasteiger partial charge in [0.1, 0.15) is 12.7 Å². The molecule has 10 nitrogen and oxygen atoms in total. The van der Waals surface area contributed by atoms with Gasteiger partial charge in [-0.25, -0.2) is 9.59 Å². The lowest BCUT2D eigenvalue weighted by molar-refractivity contribution is -0.145. The van der Waals surface area contributed by atoms with Crippen LogP contribution in [0, 0.1) is 0 Å². The number of rotatable bonds is 9. The van der Waals surface area contributed by atoms with Crippen LogP contribution in [0.25, 0.3) is 0 Å². The van der Waals surface area contributed by atoms with Crippen molar-refractivity contribution in [2.45, 2.75) is 32.4 Å². The molecule has 2 N–H and O–H groups in total. The number of aliphatic carboxylic acids is 1. The topological polar surface area (TPSA) is 123 Å². The molecule has 0 bridgehead atoms. The van der Waals surface area contributed by atoms with Gasteiger partial charge >= 0.3 is 11.9 Å². The maximum Gasteiger partial charge on any atom is 0.331 e. The fourth-order valence-electron chi connectivity index (χ4n) is 2.30. The molecule has 0 spiro atoms. The number of nitrogens with one attached hydrogen (secondary N) is 1. The Balaban J connectivity index is 1.98. The monoisotopic (exact) mass is 414 g/mol. The highest BCUT2D eigenvalue weighted by Crippen LogP contribution is 2.26. The van der Waals surface area contributed by atoms with Gasteiger partial charge in [-0.3, -0.25) is 0 Å². The molecule has 28 heavy (non-hydrogen) atoms. The van der Waals surface area contributed by atoms with Crippen LogP contribution in [0.2, 0.25) is 0 Å². The third-order valence-corrected chi connectivity index (χ3v) is 4.17. The second-order valence-corrected chi connectivity index (χ2v) is 7.69. The minimum Gasteiger partial charge on any atom is -0.478 e. The lowest BCUT2D eigenvalue weighted by Crippen LogP contribution is -2.44. The molecule has 0 unspecified atom stereocenters. The van der Waals surface area contributed by atoms with E-state index in [2.05, 4.69) is 14.1 Å². The summed E-state index contributed by atoms with van der Waals surface area (Å²) in [6, 6.07) is 0. The molecule has 1 atom stereocenters. The Morgan fingerprint density at radius 2 is 2.04 bits per heavy atom. The summed E-state index contributed by atoms with van der Waals surface area (Å²) >= 11 is 1.05. The van der Waals surface area contributed by atoms with Gasteiger partial charge in [-0.05, 0) is 20.8 Å². The zero-order chi connectivity index (χ0) is 20.6. The molecule has 2 rings (SSSR count). The summed E-state index contributed by atoms with van der Waals surface area (Å²) in [5.41, 5.74) is -0.192. The normalized spacial score (nSPS) is 16.2. The number of carbonyl (C=O) groups is 2. The van der Waals surface area contributed by atoms with E-state index in [0.29, 0.717) is 44.5 Å².